The number of carbonyl (C=O) groups is 1. The van der Waals surface area contributed by atoms with Gasteiger partial charge in [-0.15, -0.1) is 0 Å². The largest absolute Gasteiger partial charge is 0.480 e. The van der Waals surface area contributed by atoms with Gasteiger partial charge in [0, 0.05) is 14.1 Å². The number of halogens is 1. The van der Waals surface area contributed by atoms with Crippen molar-refractivity contribution in [3.05, 3.63) is 16.1 Å². The summed E-state index contributed by atoms with van der Waals surface area (Å²) in [6, 6.07) is 1.63. The average Bonchev–Trinajstić information content (AvgIpc) is 2.27. The van der Waals surface area contributed by atoms with Crippen LogP contribution >= 0.6 is 15.9 Å². The van der Waals surface area contributed by atoms with E-state index in [1.54, 1.807) is 6.07 Å². The standard InChI is InChI=1S/C10H13BrN2O3/c1-13(2)8-7(11)5-6(10(14)16-4)9(12-8)15-3/h5H,1-4H3. The molecule has 0 amide bonds. The first kappa shape index (κ1) is 12.8. The van der Waals surface area contributed by atoms with Crippen LogP contribution in [0.4, 0.5) is 5.82 Å². The topological polar surface area (TPSA) is 51.7 Å². The summed E-state index contributed by atoms with van der Waals surface area (Å²) in [5.74, 6) is 0.457. The molecule has 1 aromatic rings. The zero-order valence-electron chi connectivity index (χ0n) is 9.57. The van der Waals surface area contributed by atoms with Crippen molar-refractivity contribution in [2.24, 2.45) is 0 Å². The predicted molar refractivity (Wildman–Crippen MR) is 64.2 cm³/mol. The number of methoxy groups -OCH3 is 2. The van der Waals surface area contributed by atoms with Gasteiger partial charge >= 0.3 is 5.97 Å². The molecule has 0 atom stereocenters. The Kier molecular flexibility index (Phi) is 4.12. The molecule has 1 aromatic heterocycles. The van der Waals surface area contributed by atoms with Gasteiger partial charge in [-0.05, 0) is 22.0 Å². The Bertz CT molecular complexity index is 407. The van der Waals surface area contributed by atoms with Gasteiger partial charge in [-0.3, -0.25) is 0 Å². The number of rotatable bonds is 3. The molecule has 0 saturated heterocycles. The van der Waals surface area contributed by atoms with Crippen molar-refractivity contribution >= 4 is 27.7 Å². The molecule has 0 aliphatic heterocycles. The number of ether oxygens (including phenoxy) is 2. The van der Waals surface area contributed by atoms with Crippen LogP contribution in [0, 0.1) is 0 Å². The molecule has 16 heavy (non-hydrogen) atoms. The van der Waals surface area contributed by atoms with Gasteiger partial charge in [-0.2, -0.15) is 4.98 Å². The minimum Gasteiger partial charge on any atom is -0.480 e. The normalized spacial score (nSPS) is 9.81. The molecule has 0 aliphatic rings. The molecule has 0 aromatic carbocycles. The second-order valence-electron chi connectivity index (χ2n) is 3.24. The second kappa shape index (κ2) is 5.16. The maximum absolute atomic E-state index is 11.4. The highest BCUT2D eigenvalue weighted by Crippen LogP contribution is 2.29. The fraction of sp³-hybridized carbons (Fsp3) is 0.400. The first-order valence-corrected chi connectivity index (χ1v) is 5.30. The third-order valence-corrected chi connectivity index (χ3v) is 2.53. The number of carbonyl (C=O) groups excluding carboxylic acids is 1. The van der Waals surface area contributed by atoms with Crippen LogP contribution in [0.25, 0.3) is 0 Å². The number of hydrogen-bond acceptors (Lipinski definition) is 5. The summed E-state index contributed by atoms with van der Waals surface area (Å²) in [5.41, 5.74) is 0.294. The van der Waals surface area contributed by atoms with Crippen LogP contribution in [0.1, 0.15) is 10.4 Å². The summed E-state index contributed by atoms with van der Waals surface area (Å²) in [6.45, 7) is 0. The smallest absolute Gasteiger partial charge is 0.343 e. The van der Waals surface area contributed by atoms with E-state index in [1.807, 2.05) is 19.0 Å². The number of anilines is 1. The van der Waals surface area contributed by atoms with Gasteiger partial charge in [-0.1, -0.05) is 0 Å². The number of esters is 1. The molecule has 1 heterocycles. The van der Waals surface area contributed by atoms with Gasteiger partial charge in [0.15, 0.2) is 0 Å². The van der Waals surface area contributed by atoms with E-state index in [2.05, 4.69) is 25.7 Å². The van der Waals surface area contributed by atoms with E-state index in [0.29, 0.717) is 15.9 Å². The fourth-order valence-electron chi connectivity index (χ4n) is 1.19. The summed E-state index contributed by atoms with van der Waals surface area (Å²) >= 11 is 3.34. The molecule has 5 nitrogen and oxygen atoms in total. The third-order valence-electron chi connectivity index (χ3n) is 1.94. The number of nitrogens with zero attached hydrogens (tertiary/aromatic N) is 2. The van der Waals surface area contributed by atoms with Crippen molar-refractivity contribution < 1.29 is 14.3 Å². The SMILES string of the molecule is COC(=O)c1cc(Br)c(N(C)C)nc1OC. The van der Waals surface area contributed by atoms with E-state index in [9.17, 15) is 4.79 Å². The Balaban J connectivity index is 3.32. The van der Waals surface area contributed by atoms with Crippen molar-refractivity contribution in [1.82, 2.24) is 4.98 Å². The van der Waals surface area contributed by atoms with Gasteiger partial charge < -0.3 is 14.4 Å². The first-order chi connectivity index (χ1) is 7.51. The molecular weight excluding hydrogens is 276 g/mol. The van der Waals surface area contributed by atoms with Crippen LogP contribution in [0.5, 0.6) is 5.88 Å². The Labute approximate surface area is 102 Å². The van der Waals surface area contributed by atoms with Crippen LogP contribution in [0.3, 0.4) is 0 Å². The highest BCUT2D eigenvalue weighted by molar-refractivity contribution is 9.10. The molecule has 0 spiro atoms. The highest BCUT2D eigenvalue weighted by atomic mass is 79.9. The van der Waals surface area contributed by atoms with Crippen LogP contribution in [0.2, 0.25) is 0 Å². The summed E-state index contributed by atoms with van der Waals surface area (Å²) in [6.07, 6.45) is 0. The monoisotopic (exact) mass is 288 g/mol. The van der Waals surface area contributed by atoms with Crippen molar-refractivity contribution in [3.8, 4) is 5.88 Å². The van der Waals surface area contributed by atoms with Crippen LogP contribution in [-0.2, 0) is 4.74 Å². The van der Waals surface area contributed by atoms with E-state index in [0.717, 1.165) is 0 Å². The zero-order valence-corrected chi connectivity index (χ0v) is 11.2. The van der Waals surface area contributed by atoms with Crippen molar-refractivity contribution in [1.29, 1.82) is 0 Å². The first-order valence-electron chi connectivity index (χ1n) is 4.51. The molecular formula is C10H13BrN2O3. The van der Waals surface area contributed by atoms with Crippen LogP contribution in [0.15, 0.2) is 10.5 Å². The molecule has 88 valence electrons. The van der Waals surface area contributed by atoms with Gasteiger partial charge in [0.25, 0.3) is 0 Å². The molecule has 0 fully saturated rings. The fourth-order valence-corrected chi connectivity index (χ4v) is 1.86. The number of hydrogen-bond donors (Lipinski definition) is 0. The van der Waals surface area contributed by atoms with Gasteiger partial charge in [-0.25, -0.2) is 4.79 Å². The van der Waals surface area contributed by atoms with E-state index in [4.69, 9.17) is 4.74 Å². The molecule has 0 N–H and O–H groups in total. The Morgan fingerprint density at radius 2 is 2.06 bits per heavy atom. The lowest BCUT2D eigenvalue weighted by atomic mass is 10.2. The van der Waals surface area contributed by atoms with Crippen molar-refractivity contribution in [2.45, 2.75) is 0 Å². The Morgan fingerprint density at radius 3 is 2.50 bits per heavy atom. The van der Waals surface area contributed by atoms with E-state index >= 15 is 0 Å². The minimum atomic E-state index is -0.477. The summed E-state index contributed by atoms with van der Waals surface area (Å²) in [7, 11) is 6.48. The van der Waals surface area contributed by atoms with E-state index in [-0.39, 0.29) is 5.88 Å². The lowest BCUT2D eigenvalue weighted by molar-refractivity contribution is 0.0596. The molecule has 0 aliphatic carbocycles. The third kappa shape index (κ3) is 2.44. The summed E-state index contributed by atoms with van der Waals surface area (Å²) in [4.78, 5) is 17.5. The summed E-state index contributed by atoms with van der Waals surface area (Å²) in [5, 5.41) is 0. The maximum atomic E-state index is 11.4. The lowest BCUT2D eigenvalue weighted by Crippen LogP contribution is -2.14. The maximum Gasteiger partial charge on any atom is 0.343 e. The quantitative estimate of drug-likeness (QED) is 0.793. The zero-order chi connectivity index (χ0) is 12.3. The van der Waals surface area contributed by atoms with Crippen LogP contribution < -0.4 is 9.64 Å². The summed E-state index contributed by atoms with van der Waals surface area (Å²) < 4.78 is 10.4. The second-order valence-corrected chi connectivity index (χ2v) is 4.09. The molecule has 0 radical (unpaired) electrons. The predicted octanol–water partition coefficient (Wildman–Crippen LogP) is 1.71. The molecule has 1 rings (SSSR count). The lowest BCUT2D eigenvalue weighted by Gasteiger charge is -2.15. The molecule has 0 saturated carbocycles. The number of aromatic nitrogens is 1. The molecule has 0 bridgehead atoms. The van der Waals surface area contributed by atoms with Gasteiger partial charge in [0.2, 0.25) is 5.88 Å². The average molecular weight is 289 g/mol. The van der Waals surface area contributed by atoms with Gasteiger partial charge in [0.05, 0.1) is 18.7 Å². The van der Waals surface area contributed by atoms with Crippen molar-refractivity contribution in [3.63, 3.8) is 0 Å². The highest BCUT2D eigenvalue weighted by Gasteiger charge is 2.18. The van der Waals surface area contributed by atoms with Crippen LogP contribution in [-0.4, -0.2) is 39.3 Å². The molecule has 6 heteroatoms. The van der Waals surface area contributed by atoms with Gasteiger partial charge in [0.1, 0.15) is 11.4 Å². The van der Waals surface area contributed by atoms with E-state index in [1.165, 1.54) is 14.2 Å². The minimum absolute atomic E-state index is 0.249. The number of pyridine rings is 1. The molecule has 0 unspecified atom stereocenters. The Morgan fingerprint density at radius 1 is 1.44 bits per heavy atom. The van der Waals surface area contributed by atoms with E-state index < -0.39 is 5.97 Å². The van der Waals surface area contributed by atoms with Crippen molar-refractivity contribution in [2.75, 3.05) is 33.2 Å². The Hall–Kier alpha value is -1.30.